The minimum Gasteiger partial charge on any atom is -0.0988 e. The van der Waals surface area contributed by atoms with Crippen molar-refractivity contribution in [1.82, 2.24) is 0 Å². The van der Waals surface area contributed by atoms with Crippen LogP contribution in [0.15, 0.2) is 24.8 Å². The molecule has 0 saturated heterocycles. The standard InChI is InChI=1S/C8H18.C5H8/c1-5-8(4)6-7(2)3;1-4-5(2)3/h7-8H,5-6H2,1-4H3;4H,1-2H2,3H3. The molecule has 0 spiro atoms. The summed E-state index contributed by atoms with van der Waals surface area (Å²) in [6.07, 6.45) is 4.44. The van der Waals surface area contributed by atoms with Crippen molar-refractivity contribution in [2.75, 3.05) is 0 Å². The van der Waals surface area contributed by atoms with Gasteiger partial charge in [-0.1, -0.05) is 58.9 Å². The fourth-order valence-corrected chi connectivity index (χ4v) is 0.971. The van der Waals surface area contributed by atoms with Crippen LogP contribution in [0.25, 0.3) is 0 Å². The van der Waals surface area contributed by atoms with Crippen molar-refractivity contribution in [1.29, 1.82) is 0 Å². The van der Waals surface area contributed by atoms with Crippen LogP contribution in [0.4, 0.5) is 0 Å². The predicted molar refractivity (Wildman–Crippen MR) is 63.9 cm³/mol. The third-order valence-electron chi connectivity index (χ3n) is 1.92. The van der Waals surface area contributed by atoms with Gasteiger partial charge in [0.25, 0.3) is 0 Å². The first-order valence-corrected chi connectivity index (χ1v) is 5.21. The van der Waals surface area contributed by atoms with E-state index in [0.717, 1.165) is 17.4 Å². The van der Waals surface area contributed by atoms with Crippen LogP contribution in [-0.4, -0.2) is 0 Å². The molecule has 0 aliphatic rings. The zero-order chi connectivity index (χ0) is 10.9. The van der Waals surface area contributed by atoms with Crippen LogP contribution >= 0.6 is 0 Å². The van der Waals surface area contributed by atoms with Gasteiger partial charge in [0.05, 0.1) is 0 Å². The molecule has 0 aromatic rings. The van der Waals surface area contributed by atoms with Gasteiger partial charge < -0.3 is 0 Å². The van der Waals surface area contributed by atoms with Gasteiger partial charge in [0.2, 0.25) is 0 Å². The minimum absolute atomic E-state index is 0.880. The zero-order valence-electron chi connectivity index (χ0n) is 10.1. The number of hydrogen-bond acceptors (Lipinski definition) is 0. The molecule has 1 atom stereocenters. The molecule has 0 rings (SSSR count). The summed E-state index contributed by atoms with van der Waals surface area (Å²) in [5, 5.41) is 0. The third kappa shape index (κ3) is 18.4. The molecule has 0 radical (unpaired) electrons. The van der Waals surface area contributed by atoms with Crippen LogP contribution in [0.2, 0.25) is 0 Å². The van der Waals surface area contributed by atoms with Crippen LogP contribution in [0.5, 0.6) is 0 Å². The van der Waals surface area contributed by atoms with Gasteiger partial charge in [-0.25, -0.2) is 0 Å². The molecule has 0 saturated carbocycles. The van der Waals surface area contributed by atoms with Crippen molar-refractivity contribution < 1.29 is 0 Å². The van der Waals surface area contributed by atoms with Crippen molar-refractivity contribution in [3.63, 3.8) is 0 Å². The largest absolute Gasteiger partial charge is 0.0988 e. The highest BCUT2D eigenvalue weighted by Gasteiger charge is 2.00. The van der Waals surface area contributed by atoms with E-state index >= 15 is 0 Å². The third-order valence-corrected chi connectivity index (χ3v) is 1.92. The lowest BCUT2D eigenvalue weighted by Gasteiger charge is -2.09. The Balaban J connectivity index is 0. The lowest BCUT2D eigenvalue weighted by Crippen LogP contribution is -1.97. The molecule has 0 aromatic heterocycles. The predicted octanol–water partition coefficient (Wildman–Crippen LogP) is 4.83. The van der Waals surface area contributed by atoms with Gasteiger partial charge in [-0.15, -0.1) is 0 Å². The first-order valence-electron chi connectivity index (χ1n) is 5.21. The summed E-state index contributed by atoms with van der Waals surface area (Å²) in [6, 6.07) is 0. The van der Waals surface area contributed by atoms with E-state index < -0.39 is 0 Å². The van der Waals surface area contributed by atoms with Gasteiger partial charge in [0, 0.05) is 0 Å². The Labute approximate surface area is 84.7 Å². The fraction of sp³-hybridized carbons (Fsp3) is 0.692. The molecule has 78 valence electrons. The van der Waals surface area contributed by atoms with Gasteiger partial charge in [-0.2, -0.15) is 0 Å². The van der Waals surface area contributed by atoms with Crippen LogP contribution in [0.1, 0.15) is 47.5 Å². The second-order valence-electron chi connectivity index (χ2n) is 4.19. The number of rotatable bonds is 4. The SMILES string of the molecule is C=CC(=C)C.CCC(C)CC(C)C. The topological polar surface area (TPSA) is 0 Å². The van der Waals surface area contributed by atoms with E-state index in [1.165, 1.54) is 12.8 Å². The zero-order valence-corrected chi connectivity index (χ0v) is 10.1. The van der Waals surface area contributed by atoms with Gasteiger partial charge in [0.1, 0.15) is 0 Å². The molecule has 0 aliphatic heterocycles. The van der Waals surface area contributed by atoms with E-state index in [1.54, 1.807) is 6.08 Å². The highest BCUT2D eigenvalue weighted by molar-refractivity contribution is 5.05. The maximum atomic E-state index is 3.56. The summed E-state index contributed by atoms with van der Waals surface area (Å²) in [5.41, 5.74) is 1.02. The molecular formula is C13H26. The summed E-state index contributed by atoms with van der Waals surface area (Å²) >= 11 is 0. The monoisotopic (exact) mass is 182 g/mol. The highest BCUT2D eigenvalue weighted by atomic mass is 14.1. The Morgan fingerprint density at radius 2 is 1.69 bits per heavy atom. The Morgan fingerprint density at radius 1 is 1.31 bits per heavy atom. The minimum atomic E-state index is 0.880. The molecule has 0 fully saturated rings. The molecular weight excluding hydrogens is 156 g/mol. The first kappa shape index (κ1) is 15.0. The quantitative estimate of drug-likeness (QED) is 0.546. The average Bonchev–Trinajstić information content (AvgIpc) is 2.04. The molecule has 13 heavy (non-hydrogen) atoms. The lowest BCUT2D eigenvalue weighted by atomic mass is 9.97. The normalized spacial score (nSPS) is 11.5. The lowest BCUT2D eigenvalue weighted by molar-refractivity contribution is 0.429. The second-order valence-corrected chi connectivity index (χ2v) is 4.19. The fourth-order valence-electron chi connectivity index (χ4n) is 0.971. The van der Waals surface area contributed by atoms with Crippen molar-refractivity contribution >= 4 is 0 Å². The number of hydrogen-bond donors (Lipinski definition) is 0. The van der Waals surface area contributed by atoms with E-state index in [2.05, 4.69) is 40.9 Å². The van der Waals surface area contributed by atoms with Crippen LogP contribution in [-0.2, 0) is 0 Å². The molecule has 0 heterocycles. The van der Waals surface area contributed by atoms with Crippen LogP contribution in [0.3, 0.4) is 0 Å². The first-order chi connectivity index (χ1) is 5.93. The Kier molecular flexibility index (Phi) is 11.0. The Bertz CT molecular complexity index is 131. The molecule has 0 N–H and O–H groups in total. The van der Waals surface area contributed by atoms with Gasteiger partial charge in [-0.05, 0) is 25.2 Å². The Morgan fingerprint density at radius 3 is 1.77 bits per heavy atom. The maximum Gasteiger partial charge on any atom is -0.0404 e. The summed E-state index contributed by atoms with van der Waals surface area (Å²) in [5.74, 6) is 1.81. The van der Waals surface area contributed by atoms with Gasteiger partial charge in [0.15, 0.2) is 0 Å². The molecule has 0 aliphatic carbocycles. The smallest absolute Gasteiger partial charge is 0.0404 e. The molecule has 0 heteroatoms. The Hall–Kier alpha value is -0.520. The summed E-state index contributed by atoms with van der Waals surface area (Å²) in [6.45, 7) is 18.1. The molecule has 0 aromatic carbocycles. The average molecular weight is 182 g/mol. The second kappa shape index (κ2) is 9.57. The maximum absolute atomic E-state index is 3.56. The van der Waals surface area contributed by atoms with Gasteiger partial charge >= 0.3 is 0 Å². The summed E-state index contributed by atoms with van der Waals surface area (Å²) in [4.78, 5) is 0. The summed E-state index contributed by atoms with van der Waals surface area (Å²) < 4.78 is 0. The highest BCUT2D eigenvalue weighted by Crippen LogP contribution is 2.12. The molecule has 0 amide bonds. The van der Waals surface area contributed by atoms with E-state index in [9.17, 15) is 0 Å². The van der Waals surface area contributed by atoms with E-state index in [-0.39, 0.29) is 0 Å². The molecule has 1 unspecified atom stereocenters. The summed E-state index contributed by atoms with van der Waals surface area (Å²) in [7, 11) is 0. The van der Waals surface area contributed by atoms with Crippen LogP contribution < -0.4 is 0 Å². The van der Waals surface area contributed by atoms with E-state index in [1.807, 2.05) is 6.92 Å². The van der Waals surface area contributed by atoms with Gasteiger partial charge in [-0.3, -0.25) is 0 Å². The van der Waals surface area contributed by atoms with Crippen molar-refractivity contribution in [3.05, 3.63) is 24.8 Å². The molecule has 0 bridgehead atoms. The number of allylic oxidation sites excluding steroid dienone is 2. The molecule has 0 nitrogen and oxygen atoms in total. The van der Waals surface area contributed by atoms with Crippen molar-refractivity contribution in [3.8, 4) is 0 Å². The van der Waals surface area contributed by atoms with E-state index in [4.69, 9.17) is 0 Å². The van der Waals surface area contributed by atoms with Crippen LogP contribution in [0, 0.1) is 11.8 Å². The van der Waals surface area contributed by atoms with E-state index in [0.29, 0.717) is 0 Å². The van der Waals surface area contributed by atoms with Crippen molar-refractivity contribution in [2.45, 2.75) is 47.5 Å². The van der Waals surface area contributed by atoms with Crippen molar-refractivity contribution in [2.24, 2.45) is 11.8 Å².